The van der Waals surface area contributed by atoms with Crippen LogP contribution < -0.4 is 0 Å². The van der Waals surface area contributed by atoms with Gasteiger partial charge in [0.25, 0.3) is 0 Å². The van der Waals surface area contributed by atoms with Gasteiger partial charge in [-0.2, -0.15) is 12.6 Å². The van der Waals surface area contributed by atoms with E-state index in [1.165, 1.54) is 0 Å². The zero-order valence-corrected chi connectivity index (χ0v) is 5.73. The van der Waals surface area contributed by atoms with Crippen molar-refractivity contribution in [2.45, 2.75) is 6.42 Å². The van der Waals surface area contributed by atoms with Crippen molar-refractivity contribution < 1.29 is 9.84 Å². The third-order valence-corrected chi connectivity index (χ3v) is 0.865. The normalized spacial score (nSPS) is 9.75. The van der Waals surface area contributed by atoms with Gasteiger partial charge in [-0.05, 0) is 6.42 Å². The summed E-state index contributed by atoms with van der Waals surface area (Å²) in [5, 5.41) is 8.27. The Balaban J connectivity index is 2.53. The fourth-order valence-corrected chi connectivity index (χ4v) is 0.462. The van der Waals surface area contributed by atoms with Crippen molar-refractivity contribution in [2.24, 2.45) is 0 Å². The minimum Gasteiger partial charge on any atom is -0.396 e. The van der Waals surface area contributed by atoms with Gasteiger partial charge in [0.2, 0.25) is 0 Å². The van der Waals surface area contributed by atoms with Crippen molar-refractivity contribution in [1.29, 1.82) is 0 Å². The van der Waals surface area contributed by atoms with Gasteiger partial charge < -0.3 is 9.84 Å². The van der Waals surface area contributed by atoms with Gasteiger partial charge in [-0.3, -0.25) is 0 Å². The lowest BCUT2D eigenvalue weighted by Crippen LogP contribution is -1.99. The number of aliphatic hydroxyl groups is 1. The largest absolute Gasteiger partial charge is 0.396 e. The van der Waals surface area contributed by atoms with Crippen LogP contribution in [0.15, 0.2) is 0 Å². The Morgan fingerprint density at radius 3 is 2.62 bits per heavy atom. The molecule has 50 valence electrons. The molecule has 0 rings (SSSR count). The number of thiol groups is 1. The van der Waals surface area contributed by atoms with Crippen LogP contribution >= 0.6 is 12.6 Å². The van der Waals surface area contributed by atoms with E-state index in [0.717, 1.165) is 12.2 Å². The van der Waals surface area contributed by atoms with Crippen molar-refractivity contribution in [3.8, 4) is 0 Å². The van der Waals surface area contributed by atoms with Gasteiger partial charge in [0, 0.05) is 19.0 Å². The summed E-state index contributed by atoms with van der Waals surface area (Å²) >= 11 is 3.94. The van der Waals surface area contributed by atoms with Crippen LogP contribution in [0.5, 0.6) is 0 Å². The molecule has 0 unspecified atom stereocenters. The molecule has 3 heteroatoms. The third-order valence-electron chi connectivity index (χ3n) is 0.682. The third kappa shape index (κ3) is 6.27. The first-order valence-electron chi connectivity index (χ1n) is 2.71. The molecule has 0 radical (unpaired) electrons. The maximum Gasteiger partial charge on any atom is 0.0554 e. The van der Waals surface area contributed by atoms with Crippen LogP contribution in [0.2, 0.25) is 0 Å². The molecule has 0 spiro atoms. The molecule has 0 fully saturated rings. The van der Waals surface area contributed by atoms with Gasteiger partial charge in [-0.1, -0.05) is 0 Å². The number of aliphatic hydroxyl groups excluding tert-OH is 1. The van der Waals surface area contributed by atoms with E-state index in [0.29, 0.717) is 13.2 Å². The molecule has 0 bridgehead atoms. The first kappa shape index (κ1) is 8.27. The fraction of sp³-hybridized carbons (Fsp3) is 1.00. The molecular formula is C5H12O2S. The fourth-order valence-electron chi connectivity index (χ4n) is 0.333. The second-order valence-corrected chi connectivity index (χ2v) is 1.86. The number of hydrogen-bond acceptors (Lipinski definition) is 3. The summed E-state index contributed by atoms with van der Waals surface area (Å²) < 4.78 is 4.99. The number of hydrogen-bond donors (Lipinski definition) is 2. The van der Waals surface area contributed by atoms with Gasteiger partial charge in [0.15, 0.2) is 0 Å². The minimum absolute atomic E-state index is 0.215. The highest BCUT2D eigenvalue weighted by Gasteiger charge is 1.82. The van der Waals surface area contributed by atoms with Crippen LogP contribution in [0.3, 0.4) is 0 Å². The van der Waals surface area contributed by atoms with Crippen LogP contribution in [-0.2, 0) is 4.74 Å². The molecule has 0 saturated carbocycles. The molecular weight excluding hydrogens is 124 g/mol. The molecule has 0 aliphatic heterocycles. The molecule has 0 amide bonds. The Labute approximate surface area is 55.3 Å². The highest BCUT2D eigenvalue weighted by Crippen LogP contribution is 1.81. The maximum absolute atomic E-state index is 8.27. The summed E-state index contributed by atoms with van der Waals surface area (Å²) in [7, 11) is 0. The predicted octanol–water partition coefficient (Wildman–Crippen LogP) is 0.315. The zero-order valence-electron chi connectivity index (χ0n) is 4.84. The molecule has 1 N–H and O–H groups in total. The highest BCUT2D eigenvalue weighted by molar-refractivity contribution is 7.80. The average molecular weight is 136 g/mol. The number of rotatable bonds is 5. The SMILES string of the molecule is OCCCOCCS. The van der Waals surface area contributed by atoms with Gasteiger partial charge in [-0.25, -0.2) is 0 Å². The van der Waals surface area contributed by atoms with Crippen LogP contribution in [-0.4, -0.2) is 30.7 Å². The molecule has 0 atom stereocenters. The Bertz CT molecular complexity index is 35.4. The van der Waals surface area contributed by atoms with E-state index in [-0.39, 0.29) is 6.61 Å². The Morgan fingerprint density at radius 2 is 2.12 bits per heavy atom. The first-order chi connectivity index (χ1) is 3.91. The van der Waals surface area contributed by atoms with Crippen LogP contribution in [0.1, 0.15) is 6.42 Å². The molecule has 0 aliphatic carbocycles. The van der Waals surface area contributed by atoms with E-state index in [1.807, 2.05) is 0 Å². The van der Waals surface area contributed by atoms with Crippen LogP contribution in [0, 0.1) is 0 Å². The summed E-state index contributed by atoms with van der Waals surface area (Å²) in [6.07, 6.45) is 0.730. The molecule has 0 heterocycles. The predicted molar refractivity (Wildman–Crippen MR) is 36.4 cm³/mol. The van der Waals surface area contributed by atoms with E-state index in [1.54, 1.807) is 0 Å². The van der Waals surface area contributed by atoms with Crippen molar-refractivity contribution in [1.82, 2.24) is 0 Å². The summed E-state index contributed by atoms with van der Waals surface area (Å²) in [4.78, 5) is 0. The minimum atomic E-state index is 0.215. The molecule has 0 aromatic carbocycles. The van der Waals surface area contributed by atoms with Crippen molar-refractivity contribution >= 4 is 12.6 Å². The van der Waals surface area contributed by atoms with Crippen molar-refractivity contribution in [2.75, 3.05) is 25.6 Å². The monoisotopic (exact) mass is 136 g/mol. The van der Waals surface area contributed by atoms with E-state index < -0.39 is 0 Å². The Kier molecular flexibility index (Phi) is 7.52. The lowest BCUT2D eigenvalue weighted by Gasteiger charge is -1.97. The van der Waals surface area contributed by atoms with Crippen molar-refractivity contribution in [3.63, 3.8) is 0 Å². The molecule has 0 aliphatic rings. The molecule has 0 aromatic rings. The average Bonchev–Trinajstić information content (AvgIpc) is 1.81. The van der Waals surface area contributed by atoms with E-state index in [2.05, 4.69) is 12.6 Å². The summed E-state index contributed by atoms with van der Waals surface area (Å²) in [6, 6.07) is 0. The quantitative estimate of drug-likeness (QED) is 0.421. The second-order valence-electron chi connectivity index (χ2n) is 1.41. The molecule has 2 nitrogen and oxygen atoms in total. The van der Waals surface area contributed by atoms with Gasteiger partial charge in [-0.15, -0.1) is 0 Å². The molecule has 8 heavy (non-hydrogen) atoms. The Hall–Kier alpha value is 0.270. The second kappa shape index (κ2) is 7.27. The maximum atomic E-state index is 8.27. The smallest absolute Gasteiger partial charge is 0.0554 e. The van der Waals surface area contributed by atoms with Crippen molar-refractivity contribution in [3.05, 3.63) is 0 Å². The summed E-state index contributed by atoms with van der Waals surface area (Å²) in [5.74, 6) is 0.755. The molecule has 0 aromatic heterocycles. The van der Waals surface area contributed by atoms with E-state index in [9.17, 15) is 0 Å². The first-order valence-corrected chi connectivity index (χ1v) is 3.34. The summed E-state index contributed by atoms with van der Waals surface area (Å²) in [5.41, 5.74) is 0. The summed E-state index contributed by atoms with van der Waals surface area (Å²) in [6.45, 7) is 1.55. The van der Waals surface area contributed by atoms with E-state index >= 15 is 0 Å². The number of ether oxygens (including phenoxy) is 1. The lowest BCUT2D eigenvalue weighted by atomic mass is 10.5. The van der Waals surface area contributed by atoms with Gasteiger partial charge in [0.05, 0.1) is 6.61 Å². The van der Waals surface area contributed by atoms with Gasteiger partial charge >= 0.3 is 0 Å². The van der Waals surface area contributed by atoms with Gasteiger partial charge in [0.1, 0.15) is 0 Å². The van der Waals surface area contributed by atoms with Crippen LogP contribution in [0.25, 0.3) is 0 Å². The topological polar surface area (TPSA) is 29.5 Å². The highest BCUT2D eigenvalue weighted by atomic mass is 32.1. The Morgan fingerprint density at radius 1 is 1.38 bits per heavy atom. The van der Waals surface area contributed by atoms with Crippen LogP contribution in [0.4, 0.5) is 0 Å². The zero-order chi connectivity index (χ0) is 6.24. The lowest BCUT2D eigenvalue weighted by molar-refractivity contribution is 0.129. The van der Waals surface area contributed by atoms with E-state index in [4.69, 9.17) is 9.84 Å². The standard InChI is InChI=1S/C5H12O2S/c6-2-1-3-7-4-5-8/h6,8H,1-5H2. The molecule has 0 saturated heterocycles.